The van der Waals surface area contributed by atoms with Gasteiger partial charge in [0.1, 0.15) is 0 Å². The number of fused-ring (bicyclic) bond motifs is 3. The molecular weight excluding hydrogens is 460 g/mol. The number of benzene rings is 2. The van der Waals surface area contributed by atoms with E-state index in [4.69, 9.17) is 0 Å². The van der Waals surface area contributed by atoms with E-state index in [1.807, 2.05) is 51.9 Å². The number of nitrogens with zero attached hydrogens (tertiary/aromatic N) is 6. The number of urea groups is 1. The van der Waals surface area contributed by atoms with E-state index in [9.17, 15) is 9.59 Å². The Morgan fingerprint density at radius 3 is 2.45 bits per heavy atom. The highest BCUT2D eigenvalue weighted by atomic mass is 79.9. The van der Waals surface area contributed by atoms with Gasteiger partial charge in [0.05, 0.1) is 14.1 Å². The first-order chi connectivity index (χ1) is 15.0. The van der Waals surface area contributed by atoms with Crippen molar-refractivity contribution < 1.29 is 14.2 Å². The normalized spacial score (nSPS) is 18.0. The Balaban J connectivity index is 1.63. The Morgan fingerprint density at radius 2 is 1.74 bits per heavy atom. The Bertz CT molecular complexity index is 1220. The number of rotatable bonds is 4. The van der Waals surface area contributed by atoms with Crippen LogP contribution in [0.15, 0.2) is 59.1 Å². The van der Waals surface area contributed by atoms with Crippen LogP contribution in [0.1, 0.15) is 5.56 Å². The summed E-state index contributed by atoms with van der Waals surface area (Å²) in [7, 11) is 3.20. The molecule has 3 amide bonds. The van der Waals surface area contributed by atoms with Gasteiger partial charge in [-0.05, 0) is 36.2 Å². The molecule has 2 aliphatic heterocycles. The van der Waals surface area contributed by atoms with Gasteiger partial charge in [-0.2, -0.15) is 9.47 Å². The van der Waals surface area contributed by atoms with Gasteiger partial charge in [0.2, 0.25) is 17.7 Å². The van der Waals surface area contributed by atoms with Crippen LogP contribution >= 0.6 is 15.9 Å². The van der Waals surface area contributed by atoms with Crippen LogP contribution in [0.25, 0.3) is 11.4 Å². The lowest BCUT2D eigenvalue weighted by atomic mass is 10.1. The molecular formula is C22H20BrN6O2+. The first-order valence-electron chi connectivity index (χ1n) is 9.92. The average Bonchev–Trinajstić information content (AvgIpc) is 3.34. The van der Waals surface area contributed by atoms with Gasteiger partial charge in [-0.1, -0.05) is 51.4 Å². The molecule has 0 radical (unpaired) electrons. The maximum absolute atomic E-state index is 13.2. The van der Waals surface area contributed by atoms with Crippen LogP contribution in [-0.2, 0) is 11.2 Å². The predicted molar refractivity (Wildman–Crippen MR) is 119 cm³/mol. The van der Waals surface area contributed by atoms with E-state index in [0.29, 0.717) is 24.2 Å². The maximum atomic E-state index is 13.2. The fraction of sp³-hybridized carbons (Fsp3) is 0.227. The molecule has 31 heavy (non-hydrogen) atoms. The van der Waals surface area contributed by atoms with Crippen LogP contribution in [0.4, 0.5) is 10.7 Å². The van der Waals surface area contributed by atoms with Crippen molar-refractivity contribution in [1.29, 1.82) is 0 Å². The Hall–Kier alpha value is -3.33. The number of halogens is 1. The molecule has 3 heterocycles. The molecule has 0 bridgehead atoms. The van der Waals surface area contributed by atoms with Crippen molar-refractivity contribution in [2.24, 2.45) is 0 Å². The number of aromatic nitrogens is 3. The average molecular weight is 480 g/mol. The van der Waals surface area contributed by atoms with E-state index >= 15 is 0 Å². The molecule has 8 nitrogen and oxygen atoms in total. The number of imide groups is 1. The molecule has 0 spiro atoms. The van der Waals surface area contributed by atoms with Gasteiger partial charge >= 0.3 is 11.9 Å². The summed E-state index contributed by atoms with van der Waals surface area (Å²) < 4.78 is 4.31. The van der Waals surface area contributed by atoms with Crippen LogP contribution in [0.2, 0.25) is 0 Å². The number of carbonyl (C=O) groups excluding carboxylic acids is 2. The maximum Gasteiger partial charge on any atom is 0.445 e. The monoisotopic (exact) mass is 479 g/mol. The number of anilines is 1. The second-order valence-electron chi connectivity index (χ2n) is 7.59. The second-order valence-corrected chi connectivity index (χ2v) is 8.51. The molecule has 3 aromatic rings. The quantitative estimate of drug-likeness (QED) is 0.537. The van der Waals surface area contributed by atoms with E-state index in [1.165, 1.54) is 16.5 Å². The van der Waals surface area contributed by atoms with E-state index in [-0.39, 0.29) is 11.9 Å². The third-order valence-electron chi connectivity index (χ3n) is 5.76. The minimum absolute atomic E-state index is 0.265. The van der Waals surface area contributed by atoms with Crippen molar-refractivity contribution in [2.75, 3.05) is 25.5 Å². The van der Waals surface area contributed by atoms with Gasteiger partial charge in [-0.3, -0.25) is 4.79 Å². The largest absolute Gasteiger partial charge is 0.445 e. The third-order valence-corrected chi connectivity index (χ3v) is 6.29. The number of hydrogen-bond acceptors (Lipinski definition) is 5. The number of amides is 3. The summed E-state index contributed by atoms with van der Waals surface area (Å²) in [6, 6.07) is 16.8. The lowest BCUT2D eigenvalue weighted by Crippen LogP contribution is -2.59. The highest BCUT2D eigenvalue weighted by molar-refractivity contribution is 9.10. The third kappa shape index (κ3) is 3.07. The lowest BCUT2D eigenvalue weighted by molar-refractivity contribution is -0.407. The second kappa shape index (κ2) is 7.42. The first-order valence-corrected chi connectivity index (χ1v) is 10.7. The van der Waals surface area contributed by atoms with Crippen molar-refractivity contribution in [2.45, 2.75) is 12.5 Å². The molecule has 0 saturated heterocycles. The zero-order valence-corrected chi connectivity index (χ0v) is 18.7. The minimum Gasteiger partial charge on any atom is -0.305 e. The van der Waals surface area contributed by atoms with Gasteiger partial charge in [-0.25, -0.2) is 9.37 Å². The lowest BCUT2D eigenvalue weighted by Gasteiger charge is -2.27. The van der Waals surface area contributed by atoms with Crippen LogP contribution in [-0.4, -0.2) is 68.7 Å². The Morgan fingerprint density at radius 1 is 1.03 bits per heavy atom. The SMILES string of the molecule is CN1C(=O)C2C(=[N+](C)C1=O)n1c(-c3ccc(Br)cc3)nnc1N2CCc1ccccc1. The zero-order valence-electron chi connectivity index (χ0n) is 17.1. The van der Waals surface area contributed by atoms with Crippen LogP contribution in [0.5, 0.6) is 0 Å². The molecule has 2 aliphatic rings. The summed E-state index contributed by atoms with van der Waals surface area (Å²) >= 11 is 3.45. The van der Waals surface area contributed by atoms with Crippen LogP contribution in [0.3, 0.4) is 0 Å². The molecule has 1 atom stereocenters. The highest BCUT2D eigenvalue weighted by Gasteiger charge is 2.55. The van der Waals surface area contributed by atoms with E-state index in [2.05, 4.69) is 38.3 Å². The van der Waals surface area contributed by atoms with Gasteiger partial charge in [0.15, 0.2) is 0 Å². The molecule has 5 rings (SSSR count). The molecule has 0 saturated carbocycles. The predicted octanol–water partition coefficient (Wildman–Crippen LogP) is 2.62. The van der Waals surface area contributed by atoms with Crippen molar-refractivity contribution in [1.82, 2.24) is 19.7 Å². The van der Waals surface area contributed by atoms with Crippen molar-refractivity contribution in [3.63, 3.8) is 0 Å². The van der Waals surface area contributed by atoms with E-state index < -0.39 is 6.04 Å². The Labute approximate surface area is 187 Å². The van der Waals surface area contributed by atoms with Crippen molar-refractivity contribution >= 4 is 39.7 Å². The number of likely N-dealkylation sites (N-methyl/N-ethyl adjacent to an activating group) is 1. The van der Waals surface area contributed by atoms with Crippen molar-refractivity contribution in [3.8, 4) is 11.4 Å². The molecule has 1 unspecified atom stereocenters. The molecule has 0 N–H and O–H groups in total. The zero-order chi connectivity index (χ0) is 21.7. The van der Waals surface area contributed by atoms with E-state index in [0.717, 1.165) is 22.0 Å². The fourth-order valence-corrected chi connectivity index (χ4v) is 4.40. The number of carbonyl (C=O) groups is 2. The fourth-order valence-electron chi connectivity index (χ4n) is 4.14. The molecule has 0 fully saturated rings. The summed E-state index contributed by atoms with van der Waals surface area (Å²) in [5.74, 6) is 1.47. The Kier molecular flexibility index (Phi) is 4.70. The topological polar surface area (TPSA) is 74.3 Å². The summed E-state index contributed by atoms with van der Waals surface area (Å²) in [6.45, 7) is 0.568. The van der Waals surface area contributed by atoms with Gasteiger partial charge in [-0.15, -0.1) is 5.10 Å². The standard InChI is InChI=1S/C22H20BrN6O2/c1-26-19-17(20(30)27(2)22(26)31)28(13-12-14-6-4-3-5-7-14)21-25-24-18(29(19)21)15-8-10-16(23)11-9-15/h3-11,17H,12-13H2,1-2H3/q+1. The molecule has 2 aromatic carbocycles. The molecule has 156 valence electrons. The smallest absolute Gasteiger partial charge is 0.305 e. The van der Waals surface area contributed by atoms with Crippen LogP contribution in [0, 0.1) is 0 Å². The summed E-state index contributed by atoms with van der Waals surface area (Å²) in [5, 5.41) is 8.84. The van der Waals surface area contributed by atoms with Gasteiger partial charge < -0.3 is 4.90 Å². The van der Waals surface area contributed by atoms with Gasteiger partial charge in [0, 0.05) is 16.6 Å². The van der Waals surface area contributed by atoms with Crippen molar-refractivity contribution in [3.05, 3.63) is 64.6 Å². The summed E-state index contributed by atoms with van der Waals surface area (Å²) in [5.41, 5.74) is 2.02. The summed E-state index contributed by atoms with van der Waals surface area (Å²) in [6.07, 6.45) is 0.736. The first kappa shape index (κ1) is 19.6. The highest BCUT2D eigenvalue weighted by Crippen LogP contribution is 2.33. The molecule has 1 aromatic heterocycles. The minimum atomic E-state index is -0.629. The summed E-state index contributed by atoms with van der Waals surface area (Å²) in [4.78, 5) is 29.0. The molecule has 0 aliphatic carbocycles. The van der Waals surface area contributed by atoms with Crippen LogP contribution < -0.4 is 4.90 Å². The number of hydrogen-bond donors (Lipinski definition) is 0. The molecule has 9 heteroatoms. The van der Waals surface area contributed by atoms with E-state index in [1.54, 1.807) is 7.05 Å². The van der Waals surface area contributed by atoms with Gasteiger partial charge in [0.25, 0.3) is 5.95 Å².